The van der Waals surface area contributed by atoms with Gasteiger partial charge >= 0.3 is 5.97 Å². The lowest BCUT2D eigenvalue weighted by Crippen LogP contribution is -2.27. The molecule has 0 saturated heterocycles. The van der Waals surface area contributed by atoms with Crippen molar-refractivity contribution >= 4 is 23.2 Å². The Balaban J connectivity index is 2.67. The van der Waals surface area contributed by atoms with Crippen LogP contribution in [0.3, 0.4) is 0 Å². The molecule has 4 nitrogen and oxygen atoms in total. The van der Waals surface area contributed by atoms with Gasteiger partial charge in [0.15, 0.2) is 0 Å². The van der Waals surface area contributed by atoms with Gasteiger partial charge in [0.25, 0.3) is 0 Å². The van der Waals surface area contributed by atoms with E-state index in [9.17, 15) is 9.59 Å². The molecule has 0 aliphatic heterocycles. The van der Waals surface area contributed by atoms with Crippen LogP contribution < -0.4 is 0 Å². The van der Waals surface area contributed by atoms with Gasteiger partial charge in [0.1, 0.15) is 0 Å². The van der Waals surface area contributed by atoms with Gasteiger partial charge in [-0.2, -0.15) is 0 Å². The summed E-state index contributed by atoms with van der Waals surface area (Å²) in [5.41, 5.74) is 0. The first-order valence-corrected chi connectivity index (χ1v) is 5.61. The molecule has 16 heavy (non-hydrogen) atoms. The lowest BCUT2D eigenvalue weighted by atomic mass is 10.2. The van der Waals surface area contributed by atoms with Crippen molar-refractivity contribution in [3.63, 3.8) is 0 Å². The molecule has 0 spiro atoms. The van der Waals surface area contributed by atoms with Crippen LogP contribution in [0.2, 0.25) is 0 Å². The van der Waals surface area contributed by atoms with E-state index in [4.69, 9.17) is 5.11 Å². The summed E-state index contributed by atoms with van der Waals surface area (Å²) in [7, 11) is 1.65. The van der Waals surface area contributed by atoms with Gasteiger partial charge in [-0.3, -0.25) is 4.79 Å². The van der Waals surface area contributed by atoms with E-state index < -0.39 is 5.97 Å². The summed E-state index contributed by atoms with van der Waals surface area (Å²) in [5.74, 6) is -1.44. The summed E-state index contributed by atoms with van der Waals surface area (Å²) >= 11 is 1.57. The van der Waals surface area contributed by atoms with Gasteiger partial charge in [-0.1, -0.05) is 6.07 Å². The Hall–Kier alpha value is -1.62. The highest BCUT2D eigenvalue weighted by Gasteiger charge is 2.15. The molecular formula is C11H13NO3S. The van der Waals surface area contributed by atoms with Crippen molar-refractivity contribution in [3.05, 3.63) is 34.5 Å². The molecule has 0 aliphatic carbocycles. The highest BCUT2D eigenvalue weighted by molar-refractivity contribution is 7.10. The second-order valence-corrected chi connectivity index (χ2v) is 4.29. The molecule has 0 radical (unpaired) electrons. The molecule has 86 valence electrons. The van der Waals surface area contributed by atoms with Crippen molar-refractivity contribution in [3.8, 4) is 0 Å². The summed E-state index contributed by atoms with van der Waals surface area (Å²) < 4.78 is 0. The average Bonchev–Trinajstić information content (AvgIpc) is 2.77. The number of hydrogen-bond donors (Lipinski definition) is 1. The Labute approximate surface area is 97.8 Å². The number of nitrogens with zero attached hydrogens (tertiary/aromatic N) is 1. The van der Waals surface area contributed by atoms with Crippen molar-refractivity contribution in [1.29, 1.82) is 0 Å². The third-order valence-electron chi connectivity index (χ3n) is 2.25. The molecule has 1 atom stereocenters. The molecule has 5 heteroatoms. The molecular weight excluding hydrogens is 226 g/mol. The molecule has 1 heterocycles. The fraction of sp³-hybridized carbons (Fsp3) is 0.273. The highest BCUT2D eigenvalue weighted by atomic mass is 32.1. The first kappa shape index (κ1) is 12.4. The quantitative estimate of drug-likeness (QED) is 0.816. The number of carbonyl (C=O) groups is 2. The normalized spacial score (nSPS) is 12.6. The van der Waals surface area contributed by atoms with Gasteiger partial charge in [0.05, 0.1) is 6.04 Å². The lowest BCUT2D eigenvalue weighted by Gasteiger charge is -2.22. The molecule has 1 aromatic rings. The number of rotatable bonds is 4. The van der Waals surface area contributed by atoms with Gasteiger partial charge in [-0.15, -0.1) is 11.3 Å². The summed E-state index contributed by atoms with van der Waals surface area (Å²) in [4.78, 5) is 24.4. The van der Waals surface area contributed by atoms with E-state index in [2.05, 4.69) is 0 Å². The maximum absolute atomic E-state index is 11.6. The summed E-state index contributed by atoms with van der Waals surface area (Å²) in [5, 5.41) is 10.4. The van der Waals surface area contributed by atoms with Crippen molar-refractivity contribution in [2.24, 2.45) is 0 Å². The number of aliphatic carboxylic acids is 1. The minimum absolute atomic E-state index is 0.0501. The van der Waals surface area contributed by atoms with E-state index in [1.807, 2.05) is 24.4 Å². The Bertz CT molecular complexity index is 397. The Kier molecular flexibility index (Phi) is 4.25. The first-order chi connectivity index (χ1) is 7.52. The van der Waals surface area contributed by atoms with Gasteiger partial charge < -0.3 is 10.0 Å². The number of thiophene rings is 1. The molecule has 1 unspecified atom stereocenters. The van der Waals surface area contributed by atoms with Crippen molar-refractivity contribution < 1.29 is 14.7 Å². The van der Waals surface area contributed by atoms with Crippen LogP contribution in [0.1, 0.15) is 17.8 Å². The Morgan fingerprint density at radius 3 is 2.69 bits per heavy atom. The molecule has 0 saturated carbocycles. The topological polar surface area (TPSA) is 57.6 Å². The number of carbonyl (C=O) groups excluding carboxylic acids is 1. The largest absolute Gasteiger partial charge is 0.478 e. The monoisotopic (exact) mass is 239 g/mol. The van der Waals surface area contributed by atoms with Gasteiger partial charge in [-0.05, 0) is 18.4 Å². The molecule has 1 amide bonds. The molecule has 1 rings (SSSR count). The van der Waals surface area contributed by atoms with E-state index >= 15 is 0 Å². The molecule has 1 N–H and O–H groups in total. The van der Waals surface area contributed by atoms with E-state index in [0.717, 1.165) is 17.0 Å². The highest BCUT2D eigenvalue weighted by Crippen LogP contribution is 2.23. The summed E-state index contributed by atoms with van der Waals surface area (Å²) in [6.45, 7) is 1.90. The van der Waals surface area contributed by atoms with Crippen LogP contribution in [0.25, 0.3) is 0 Å². The van der Waals surface area contributed by atoms with E-state index in [1.54, 1.807) is 18.4 Å². The molecule has 0 aromatic carbocycles. The predicted octanol–water partition coefficient (Wildman–Crippen LogP) is 1.91. The average molecular weight is 239 g/mol. The van der Waals surface area contributed by atoms with E-state index in [0.29, 0.717) is 0 Å². The predicted molar refractivity (Wildman–Crippen MR) is 62.3 cm³/mol. The van der Waals surface area contributed by atoms with Crippen molar-refractivity contribution in [2.45, 2.75) is 13.0 Å². The SMILES string of the molecule is CC(c1cccs1)N(C)C(=O)/C=C/C(=O)O. The summed E-state index contributed by atoms with van der Waals surface area (Å²) in [6.07, 6.45) is 1.91. The van der Waals surface area contributed by atoms with Gasteiger partial charge in [0, 0.05) is 24.1 Å². The zero-order valence-corrected chi connectivity index (χ0v) is 9.90. The molecule has 0 bridgehead atoms. The fourth-order valence-corrected chi connectivity index (χ4v) is 2.00. The van der Waals surface area contributed by atoms with Gasteiger partial charge in [-0.25, -0.2) is 4.79 Å². The minimum atomic E-state index is -1.12. The van der Waals surface area contributed by atoms with E-state index in [-0.39, 0.29) is 11.9 Å². The smallest absolute Gasteiger partial charge is 0.328 e. The zero-order valence-electron chi connectivity index (χ0n) is 9.08. The number of hydrogen-bond acceptors (Lipinski definition) is 3. The maximum Gasteiger partial charge on any atom is 0.328 e. The second-order valence-electron chi connectivity index (χ2n) is 3.31. The maximum atomic E-state index is 11.6. The van der Waals surface area contributed by atoms with Crippen LogP contribution in [0, 0.1) is 0 Å². The van der Waals surface area contributed by atoms with E-state index in [1.165, 1.54) is 4.90 Å². The first-order valence-electron chi connectivity index (χ1n) is 4.73. The van der Waals surface area contributed by atoms with Crippen LogP contribution in [0.4, 0.5) is 0 Å². The molecule has 1 aromatic heterocycles. The zero-order chi connectivity index (χ0) is 12.1. The standard InChI is InChI=1S/C11H13NO3S/c1-8(9-4-3-7-16-9)12(2)10(13)5-6-11(14)15/h3-8H,1-2H3,(H,14,15)/b6-5+. The Morgan fingerprint density at radius 2 is 2.19 bits per heavy atom. The number of amides is 1. The van der Waals surface area contributed by atoms with Crippen LogP contribution in [-0.4, -0.2) is 28.9 Å². The fourth-order valence-electron chi connectivity index (χ4n) is 1.17. The third kappa shape index (κ3) is 3.20. The Morgan fingerprint density at radius 1 is 1.50 bits per heavy atom. The number of likely N-dealkylation sites (N-methyl/N-ethyl adjacent to an activating group) is 1. The number of carboxylic acid groups (broad SMARTS) is 1. The molecule has 0 fully saturated rings. The summed E-state index contributed by atoms with van der Waals surface area (Å²) in [6, 6.07) is 3.81. The van der Waals surface area contributed by atoms with Gasteiger partial charge in [0.2, 0.25) is 5.91 Å². The van der Waals surface area contributed by atoms with Crippen LogP contribution >= 0.6 is 11.3 Å². The minimum Gasteiger partial charge on any atom is -0.478 e. The lowest BCUT2D eigenvalue weighted by molar-refractivity contribution is -0.132. The second kappa shape index (κ2) is 5.46. The van der Waals surface area contributed by atoms with Crippen LogP contribution in [-0.2, 0) is 9.59 Å². The number of carboxylic acids is 1. The van der Waals surface area contributed by atoms with Crippen molar-refractivity contribution in [1.82, 2.24) is 4.90 Å². The van der Waals surface area contributed by atoms with Crippen LogP contribution in [0.5, 0.6) is 0 Å². The van der Waals surface area contributed by atoms with Crippen LogP contribution in [0.15, 0.2) is 29.7 Å². The van der Waals surface area contributed by atoms with Crippen molar-refractivity contribution in [2.75, 3.05) is 7.05 Å². The molecule has 0 aliphatic rings. The third-order valence-corrected chi connectivity index (χ3v) is 3.29.